The molecule has 2 aliphatic rings. The van der Waals surface area contributed by atoms with Gasteiger partial charge >= 0.3 is 0 Å². The molecule has 0 saturated carbocycles. The fourth-order valence-corrected chi connectivity index (χ4v) is 3.69. The second-order valence-electron chi connectivity index (χ2n) is 6.52. The summed E-state index contributed by atoms with van der Waals surface area (Å²) < 4.78 is 24.8. The van der Waals surface area contributed by atoms with Gasteiger partial charge in [0.15, 0.2) is 11.5 Å². The highest BCUT2D eigenvalue weighted by Gasteiger charge is 2.36. The monoisotopic (exact) mass is 360 g/mol. The number of likely N-dealkylation sites (tertiary alicyclic amines) is 1. The van der Waals surface area contributed by atoms with Gasteiger partial charge in [-0.3, -0.25) is 4.90 Å². The SMILES string of the molecule is COc1cccc(OC)c1OCCN1CC[C@H]2[C@H](C1)OCc1cnnn12. The van der Waals surface area contributed by atoms with Crippen LogP contribution in [0.2, 0.25) is 0 Å². The predicted molar refractivity (Wildman–Crippen MR) is 93.7 cm³/mol. The Morgan fingerprint density at radius 3 is 2.81 bits per heavy atom. The van der Waals surface area contributed by atoms with E-state index in [-0.39, 0.29) is 12.1 Å². The molecular formula is C18H24N4O4. The average Bonchev–Trinajstić information content (AvgIpc) is 3.17. The largest absolute Gasteiger partial charge is 0.493 e. The maximum absolute atomic E-state index is 6.01. The minimum Gasteiger partial charge on any atom is -0.493 e. The van der Waals surface area contributed by atoms with Crippen molar-refractivity contribution >= 4 is 0 Å². The first-order valence-corrected chi connectivity index (χ1v) is 8.87. The van der Waals surface area contributed by atoms with Crippen LogP contribution in [0, 0.1) is 0 Å². The molecule has 2 aliphatic heterocycles. The van der Waals surface area contributed by atoms with Crippen LogP contribution in [0.25, 0.3) is 0 Å². The predicted octanol–water partition coefficient (Wildman–Crippen LogP) is 1.52. The zero-order valence-electron chi connectivity index (χ0n) is 15.1. The van der Waals surface area contributed by atoms with Crippen LogP contribution in [0.5, 0.6) is 17.2 Å². The van der Waals surface area contributed by atoms with Gasteiger partial charge in [-0.2, -0.15) is 0 Å². The third-order valence-corrected chi connectivity index (χ3v) is 5.05. The number of hydrogen-bond acceptors (Lipinski definition) is 7. The zero-order valence-corrected chi connectivity index (χ0v) is 15.1. The number of rotatable bonds is 6. The van der Waals surface area contributed by atoms with Gasteiger partial charge in [-0.1, -0.05) is 11.3 Å². The van der Waals surface area contributed by atoms with E-state index in [1.165, 1.54) is 0 Å². The summed E-state index contributed by atoms with van der Waals surface area (Å²) in [4.78, 5) is 2.37. The van der Waals surface area contributed by atoms with Crippen LogP contribution in [0.1, 0.15) is 18.2 Å². The third-order valence-electron chi connectivity index (χ3n) is 5.05. The number of para-hydroxylation sites is 1. The first-order valence-electron chi connectivity index (χ1n) is 8.87. The van der Waals surface area contributed by atoms with Gasteiger partial charge in [0.05, 0.1) is 44.9 Å². The van der Waals surface area contributed by atoms with E-state index in [1.807, 2.05) is 22.9 Å². The van der Waals surface area contributed by atoms with Gasteiger partial charge in [-0.25, -0.2) is 4.68 Å². The molecule has 2 aromatic rings. The lowest BCUT2D eigenvalue weighted by atomic mass is 10.0. The van der Waals surface area contributed by atoms with Crippen molar-refractivity contribution < 1.29 is 18.9 Å². The van der Waals surface area contributed by atoms with E-state index in [0.717, 1.165) is 31.7 Å². The van der Waals surface area contributed by atoms with Crippen LogP contribution < -0.4 is 14.2 Å². The molecule has 0 bridgehead atoms. The van der Waals surface area contributed by atoms with Crippen molar-refractivity contribution in [2.24, 2.45) is 0 Å². The summed E-state index contributed by atoms with van der Waals surface area (Å²) in [7, 11) is 3.26. The molecule has 8 nitrogen and oxygen atoms in total. The molecule has 0 unspecified atom stereocenters. The van der Waals surface area contributed by atoms with Gasteiger partial charge in [-0.05, 0) is 18.6 Å². The van der Waals surface area contributed by atoms with Crippen molar-refractivity contribution in [2.45, 2.75) is 25.2 Å². The number of ether oxygens (including phenoxy) is 4. The van der Waals surface area contributed by atoms with Gasteiger partial charge in [0.25, 0.3) is 0 Å². The maximum atomic E-state index is 6.01. The molecular weight excluding hydrogens is 336 g/mol. The topological polar surface area (TPSA) is 70.9 Å². The summed E-state index contributed by atoms with van der Waals surface area (Å²) in [5.41, 5.74) is 1.06. The van der Waals surface area contributed by atoms with Gasteiger partial charge < -0.3 is 18.9 Å². The molecule has 0 amide bonds. The van der Waals surface area contributed by atoms with E-state index in [0.29, 0.717) is 30.5 Å². The van der Waals surface area contributed by atoms with Gasteiger partial charge in [0, 0.05) is 19.6 Å². The molecule has 1 aromatic heterocycles. The van der Waals surface area contributed by atoms with E-state index >= 15 is 0 Å². The van der Waals surface area contributed by atoms with Crippen LogP contribution in [-0.4, -0.2) is 66.5 Å². The molecule has 1 saturated heterocycles. The Hall–Kier alpha value is -2.32. The van der Waals surface area contributed by atoms with Gasteiger partial charge in [0.2, 0.25) is 5.75 Å². The molecule has 1 fully saturated rings. The Balaban J connectivity index is 1.33. The van der Waals surface area contributed by atoms with Crippen molar-refractivity contribution in [3.63, 3.8) is 0 Å². The van der Waals surface area contributed by atoms with Gasteiger partial charge in [-0.15, -0.1) is 5.10 Å². The quantitative estimate of drug-likeness (QED) is 0.773. The van der Waals surface area contributed by atoms with Crippen molar-refractivity contribution in [1.29, 1.82) is 0 Å². The first kappa shape index (κ1) is 17.1. The van der Waals surface area contributed by atoms with E-state index < -0.39 is 0 Å². The lowest BCUT2D eigenvalue weighted by Crippen LogP contribution is -2.49. The molecule has 0 spiro atoms. The molecule has 26 heavy (non-hydrogen) atoms. The Labute approximate surface area is 152 Å². The number of piperidine rings is 1. The first-order chi connectivity index (χ1) is 12.8. The lowest BCUT2D eigenvalue weighted by molar-refractivity contribution is -0.0701. The molecule has 1 aromatic carbocycles. The number of benzene rings is 1. The highest BCUT2D eigenvalue weighted by Crippen LogP contribution is 2.37. The standard InChI is InChI=1S/C18H24N4O4/c1-23-15-4-3-5-16(24-2)18(15)25-9-8-21-7-6-14-17(11-21)26-12-13-10-19-20-22(13)14/h3-5,10,14,17H,6-9,11-12H2,1-2H3/t14-,17-/m0/s1. The minimum atomic E-state index is 0.152. The summed E-state index contributed by atoms with van der Waals surface area (Å²) >= 11 is 0. The van der Waals surface area contributed by atoms with Crippen molar-refractivity contribution in [3.8, 4) is 17.2 Å². The van der Waals surface area contributed by atoms with E-state index in [1.54, 1.807) is 20.4 Å². The summed E-state index contributed by atoms with van der Waals surface area (Å²) in [6, 6.07) is 5.91. The summed E-state index contributed by atoms with van der Waals surface area (Å²) in [6.07, 6.45) is 2.94. The molecule has 140 valence electrons. The number of fused-ring (bicyclic) bond motifs is 3. The van der Waals surface area contributed by atoms with E-state index in [9.17, 15) is 0 Å². The van der Waals surface area contributed by atoms with Crippen LogP contribution in [0.15, 0.2) is 24.4 Å². The molecule has 4 rings (SSSR count). The van der Waals surface area contributed by atoms with Crippen molar-refractivity contribution in [1.82, 2.24) is 19.9 Å². The maximum Gasteiger partial charge on any atom is 0.203 e. The third kappa shape index (κ3) is 3.22. The lowest BCUT2D eigenvalue weighted by Gasteiger charge is -2.40. The highest BCUT2D eigenvalue weighted by molar-refractivity contribution is 5.51. The Morgan fingerprint density at radius 1 is 1.23 bits per heavy atom. The molecule has 0 radical (unpaired) electrons. The normalized spacial score (nSPS) is 22.4. The minimum absolute atomic E-state index is 0.152. The zero-order chi connectivity index (χ0) is 17.9. The van der Waals surface area contributed by atoms with E-state index in [4.69, 9.17) is 18.9 Å². The fraction of sp³-hybridized carbons (Fsp3) is 0.556. The molecule has 2 atom stereocenters. The van der Waals surface area contributed by atoms with Crippen molar-refractivity contribution in [2.75, 3.05) is 40.5 Å². The summed E-state index contributed by atoms with van der Waals surface area (Å²) in [5, 5.41) is 8.23. The van der Waals surface area contributed by atoms with Crippen LogP contribution in [0.4, 0.5) is 0 Å². The Kier molecular flexibility index (Phi) is 4.94. The Bertz CT molecular complexity index is 728. The van der Waals surface area contributed by atoms with E-state index in [2.05, 4.69) is 15.2 Å². The highest BCUT2D eigenvalue weighted by atomic mass is 16.5. The smallest absolute Gasteiger partial charge is 0.203 e. The Morgan fingerprint density at radius 2 is 2.04 bits per heavy atom. The van der Waals surface area contributed by atoms with Crippen LogP contribution in [0.3, 0.4) is 0 Å². The average molecular weight is 360 g/mol. The number of methoxy groups -OCH3 is 2. The second-order valence-corrected chi connectivity index (χ2v) is 6.52. The van der Waals surface area contributed by atoms with Crippen molar-refractivity contribution in [3.05, 3.63) is 30.1 Å². The number of aromatic nitrogens is 3. The molecule has 3 heterocycles. The second kappa shape index (κ2) is 7.51. The number of hydrogen-bond donors (Lipinski definition) is 0. The number of nitrogens with zero attached hydrogens (tertiary/aromatic N) is 4. The fourth-order valence-electron chi connectivity index (χ4n) is 3.69. The summed E-state index contributed by atoms with van der Waals surface area (Å²) in [5.74, 6) is 2.00. The molecule has 8 heteroatoms. The molecule has 0 N–H and O–H groups in total. The van der Waals surface area contributed by atoms with Crippen LogP contribution >= 0.6 is 0 Å². The molecule has 0 aliphatic carbocycles. The van der Waals surface area contributed by atoms with Crippen LogP contribution in [-0.2, 0) is 11.3 Å². The van der Waals surface area contributed by atoms with Gasteiger partial charge in [0.1, 0.15) is 6.61 Å². The summed E-state index contributed by atoms with van der Waals surface area (Å²) in [6.45, 7) is 3.81.